The molecule has 1 N–H and O–H groups in total. The fourth-order valence-corrected chi connectivity index (χ4v) is 1.62. The van der Waals surface area contributed by atoms with Crippen LogP contribution in [0.1, 0.15) is 20.8 Å². The number of carbonyl (C=O) groups is 1. The van der Waals surface area contributed by atoms with Gasteiger partial charge in [0.05, 0.1) is 6.54 Å². The van der Waals surface area contributed by atoms with E-state index in [-0.39, 0.29) is 5.91 Å². The van der Waals surface area contributed by atoms with Crippen molar-refractivity contribution in [1.29, 1.82) is 0 Å². The standard InChI is InChI=1S/C8H16N2O/c1-6(2)10-7(3)4-9-5-8(10)11/h6-7,9H,4-5H2,1-3H3/t7-/m0/s1. The first-order valence-corrected chi connectivity index (χ1v) is 4.15. The number of carbonyl (C=O) groups excluding carboxylic acids is 1. The summed E-state index contributed by atoms with van der Waals surface area (Å²) in [4.78, 5) is 13.3. The van der Waals surface area contributed by atoms with E-state index in [1.807, 2.05) is 4.90 Å². The monoisotopic (exact) mass is 156 g/mol. The lowest BCUT2D eigenvalue weighted by atomic mass is 10.1. The highest BCUT2D eigenvalue weighted by molar-refractivity contribution is 5.79. The van der Waals surface area contributed by atoms with Crippen LogP contribution in [-0.4, -0.2) is 36.0 Å². The summed E-state index contributed by atoms with van der Waals surface area (Å²) in [5.74, 6) is 0.221. The lowest BCUT2D eigenvalue weighted by molar-refractivity contribution is -0.136. The predicted molar refractivity (Wildman–Crippen MR) is 44.3 cm³/mol. The molecule has 3 heteroatoms. The van der Waals surface area contributed by atoms with Crippen LogP contribution in [-0.2, 0) is 4.79 Å². The average molecular weight is 156 g/mol. The number of hydrogen-bond donors (Lipinski definition) is 1. The number of nitrogens with zero attached hydrogens (tertiary/aromatic N) is 1. The van der Waals surface area contributed by atoms with E-state index in [0.717, 1.165) is 6.54 Å². The first-order chi connectivity index (χ1) is 5.13. The van der Waals surface area contributed by atoms with E-state index in [1.54, 1.807) is 0 Å². The van der Waals surface area contributed by atoms with Crippen LogP contribution in [0, 0.1) is 0 Å². The highest BCUT2D eigenvalue weighted by Crippen LogP contribution is 2.07. The molecule has 1 fully saturated rings. The molecule has 1 heterocycles. The number of nitrogens with one attached hydrogen (secondary N) is 1. The van der Waals surface area contributed by atoms with Crippen LogP contribution in [0.3, 0.4) is 0 Å². The molecule has 1 aliphatic heterocycles. The molecule has 3 nitrogen and oxygen atoms in total. The molecule has 0 aliphatic carbocycles. The Morgan fingerprint density at radius 3 is 2.64 bits per heavy atom. The predicted octanol–water partition coefficient (Wildman–Crippen LogP) is 0.215. The summed E-state index contributed by atoms with van der Waals surface area (Å²) < 4.78 is 0. The van der Waals surface area contributed by atoms with Crippen molar-refractivity contribution in [3.8, 4) is 0 Å². The Morgan fingerprint density at radius 1 is 1.64 bits per heavy atom. The van der Waals surface area contributed by atoms with E-state index in [1.165, 1.54) is 0 Å². The zero-order chi connectivity index (χ0) is 8.43. The minimum atomic E-state index is 0.221. The van der Waals surface area contributed by atoms with Crippen LogP contribution in [0.4, 0.5) is 0 Å². The first-order valence-electron chi connectivity index (χ1n) is 4.15. The van der Waals surface area contributed by atoms with Crippen LogP contribution in [0.25, 0.3) is 0 Å². The molecule has 11 heavy (non-hydrogen) atoms. The van der Waals surface area contributed by atoms with Crippen LogP contribution in [0.2, 0.25) is 0 Å². The van der Waals surface area contributed by atoms with Gasteiger partial charge in [0.1, 0.15) is 0 Å². The molecule has 0 aromatic heterocycles. The highest BCUT2D eigenvalue weighted by Gasteiger charge is 2.25. The van der Waals surface area contributed by atoms with Gasteiger partial charge in [-0.15, -0.1) is 0 Å². The summed E-state index contributed by atoms with van der Waals surface area (Å²) in [5, 5.41) is 3.08. The maximum Gasteiger partial charge on any atom is 0.237 e. The van der Waals surface area contributed by atoms with Gasteiger partial charge in [-0.2, -0.15) is 0 Å². The van der Waals surface area contributed by atoms with Gasteiger partial charge in [-0.25, -0.2) is 0 Å². The Balaban J connectivity index is 2.63. The van der Waals surface area contributed by atoms with Crippen molar-refractivity contribution in [1.82, 2.24) is 10.2 Å². The highest BCUT2D eigenvalue weighted by atomic mass is 16.2. The van der Waals surface area contributed by atoms with Gasteiger partial charge in [0.15, 0.2) is 0 Å². The number of hydrogen-bond acceptors (Lipinski definition) is 2. The van der Waals surface area contributed by atoms with E-state index >= 15 is 0 Å². The summed E-state index contributed by atoms with van der Waals surface area (Å²) in [5.41, 5.74) is 0. The molecular weight excluding hydrogens is 140 g/mol. The largest absolute Gasteiger partial charge is 0.335 e. The molecule has 64 valence electrons. The zero-order valence-corrected chi connectivity index (χ0v) is 7.42. The van der Waals surface area contributed by atoms with E-state index < -0.39 is 0 Å². The summed E-state index contributed by atoms with van der Waals surface area (Å²) in [6.07, 6.45) is 0. The Morgan fingerprint density at radius 2 is 2.27 bits per heavy atom. The van der Waals surface area contributed by atoms with Crippen molar-refractivity contribution in [2.24, 2.45) is 0 Å². The SMILES string of the molecule is CC(C)N1C(=O)CNC[C@@H]1C. The molecular formula is C8H16N2O. The fraction of sp³-hybridized carbons (Fsp3) is 0.875. The summed E-state index contributed by atoms with van der Waals surface area (Å²) >= 11 is 0. The third-order valence-corrected chi connectivity index (χ3v) is 2.04. The van der Waals surface area contributed by atoms with Crippen molar-refractivity contribution in [3.63, 3.8) is 0 Å². The normalized spacial score (nSPS) is 26.4. The third kappa shape index (κ3) is 1.71. The maximum absolute atomic E-state index is 11.3. The Bertz CT molecular complexity index is 156. The Hall–Kier alpha value is -0.570. The van der Waals surface area contributed by atoms with Gasteiger partial charge in [-0.3, -0.25) is 4.79 Å². The van der Waals surface area contributed by atoms with Crippen molar-refractivity contribution in [2.75, 3.05) is 13.1 Å². The summed E-state index contributed by atoms with van der Waals surface area (Å²) in [6, 6.07) is 0.677. The van der Waals surface area contributed by atoms with Crippen molar-refractivity contribution in [3.05, 3.63) is 0 Å². The maximum atomic E-state index is 11.3. The number of rotatable bonds is 1. The molecule has 1 rings (SSSR count). The van der Waals surface area contributed by atoms with Crippen molar-refractivity contribution < 1.29 is 4.79 Å². The number of piperazine rings is 1. The lowest BCUT2D eigenvalue weighted by Crippen LogP contribution is -2.56. The molecule has 0 spiro atoms. The van der Waals surface area contributed by atoms with E-state index in [0.29, 0.717) is 18.6 Å². The molecule has 1 saturated heterocycles. The first kappa shape index (κ1) is 8.53. The van der Waals surface area contributed by atoms with E-state index in [2.05, 4.69) is 26.1 Å². The molecule has 0 aromatic carbocycles. The second kappa shape index (κ2) is 3.22. The average Bonchev–Trinajstić information content (AvgIpc) is 1.85. The molecule has 0 unspecified atom stereocenters. The third-order valence-electron chi connectivity index (χ3n) is 2.04. The van der Waals surface area contributed by atoms with Gasteiger partial charge < -0.3 is 10.2 Å². The molecule has 0 radical (unpaired) electrons. The molecule has 1 atom stereocenters. The van der Waals surface area contributed by atoms with Crippen molar-refractivity contribution in [2.45, 2.75) is 32.9 Å². The molecule has 0 aromatic rings. The lowest BCUT2D eigenvalue weighted by Gasteiger charge is -2.36. The van der Waals surface area contributed by atoms with Crippen LogP contribution in [0.5, 0.6) is 0 Å². The van der Waals surface area contributed by atoms with Gasteiger partial charge in [0.2, 0.25) is 5.91 Å². The smallest absolute Gasteiger partial charge is 0.237 e. The second-order valence-corrected chi connectivity index (χ2v) is 3.37. The van der Waals surface area contributed by atoms with Gasteiger partial charge in [-0.05, 0) is 20.8 Å². The number of amides is 1. The zero-order valence-electron chi connectivity index (χ0n) is 7.42. The molecule has 0 saturated carbocycles. The Labute approximate surface area is 67.8 Å². The molecule has 1 amide bonds. The molecule has 0 bridgehead atoms. The van der Waals surface area contributed by atoms with Crippen LogP contribution >= 0.6 is 0 Å². The van der Waals surface area contributed by atoms with Gasteiger partial charge >= 0.3 is 0 Å². The van der Waals surface area contributed by atoms with E-state index in [4.69, 9.17) is 0 Å². The second-order valence-electron chi connectivity index (χ2n) is 3.37. The van der Waals surface area contributed by atoms with Crippen LogP contribution < -0.4 is 5.32 Å². The Kier molecular flexibility index (Phi) is 2.49. The van der Waals surface area contributed by atoms with E-state index in [9.17, 15) is 4.79 Å². The van der Waals surface area contributed by atoms with Gasteiger partial charge in [0, 0.05) is 18.6 Å². The van der Waals surface area contributed by atoms with Crippen LogP contribution in [0.15, 0.2) is 0 Å². The minimum Gasteiger partial charge on any atom is -0.335 e. The fourth-order valence-electron chi connectivity index (χ4n) is 1.62. The quantitative estimate of drug-likeness (QED) is 0.589. The summed E-state index contributed by atoms with van der Waals surface area (Å²) in [6.45, 7) is 7.61. The van der Waals surface area contributed by atoms with Crippen molar-refractivity contribution >= 4 is 5.91 Å². The topological polar surface area (TPSA) is 32.3 Å². The summed E-state index contributed by atoms with van der Waals surface area (Å²) in [7, 11) is 0. The molecule has 1 aliphatic rings. The van der Waals surface area contributed by atoms with Gasteiger partial charge in [0.25, 0.3) is 0 Å². The minimum absolute atomic E-state index is 0.221. The van der Waals surface area contributed by atoms with Gasteiger partial charge in [-0.1, -0.05) is 0 Å².